The minimum Gasteiger partial charge on any atom is -0.399 e. The lowest BCUT2D eigenvalue weighted by molar-refractivity contribution is 0.751. The van der Waals surface area contributed by atoms with Gasteiger partial charge in [0.15, 0.2) is 0 Å². The van der Waals surface area contributed by atoms with Gasteiger partial charge < -0.3 is 5.73 Å². The van der Waals surface area contributed by atoms with Crippen LogP contribution in [0.3, 0.4) is 0 Å². The molecule has 0 aromatic carbocycles. The van der Waals surface area contributed by atoms with Crippen molar-refractivity contribution in [1.29, 1.82) is 0 Å². The minimum absolute atomic E-state index is 0.515. The molecule has 1 unspecified atom stereocenters. The summed E-state index contributed by atoms with van der Waals surface area (Å²) < 4.78 is 0. The molecule has 0 fully saturated rings. The van der Waals surface area contributed by atoms with Gasteiger partial charge in [0.1, 0.15) is 0 Å². The molecular weight excluding hydrogens is 158 g/mol. The van der Waals surface area contributed by atoms with Crippen LogP contribution < -0.4 is 5.73 Å². The number of rotatable bonds is 1. The third-order valence-electron chi connectivity index (χ3n) is 2.61. The minimum atomic E-state index is 0.515. The van der Waals surface area contributed by atoms with Crippen molar-refractivity contribution >= 4 is 0 Å². The summed E-state index contributed by atoms with van der Waals surface area (Å²) in [6.07, 6.45) is 16.4. The van der Waals surface area contributed by atoms with Crippen molar-refractivity contribution in [3.8, 4) is 0 Å². The molecule has 0 spiro atoms. The molecule has 13 heavy (non-hydrogen) atoms. The Morgan fingerprint density at radius 3 is 2.69 bits per heavy atom. The summed E-state index contributed by atoms with van der Waals surface area (Å²) in [5.74, 6) is 0.515. The maximum atomic E-state index is 5.94. The van der Waals surface area contributed by atoms with Gasteiger partial charge in [0.2, 0.25) is 0 Å². The summed E-state index contributed by atoms with van der Waals surface area (Å²) >= 11 is 0. The molecule has 0 aromatic rings. The monoisotopic (exact) mass is 173 g/mol. The quantitative estimate of drug-likeness (QED) is 0.648. The van der Waals surface area contributed by atoms with Gasteiger partial charge in [-0.15, -0.1) is 0 Å². The number of allylic oxidation sites excluding steroid dienone is 7. The zero-order valence-corrected chi connectivity index (χ0v) is 7.74. The van der Waals surface area contributed by atoms with E-state index < -0.39 is 0 Å². The molecule has 0 radical (unpaired) electrons. The first-order valence-corrected chi connectivity index (χ1v) is 4.87. The highest BCUT2D eigenvalue weighted by Crippen LogP contribution is 2.27. The largest absolute Gasteiger partial charge is 0.399 e. The van der Waals surface area contributed by atoms with E-state index in [1.807, 2.05) is 0 Å². The van der Waals surface area contributed by atoms with Crippen LogP contribution in [0.2, 0.25) is 0 Å². The number of hydrogen-bond donors (Lipinski definition) is 1. The molecule has 0 aromatic heterocycles. The van der Waals surface area contributed by atoms with Crippen LogP contribution in [0.4, 0.5) is 0 Å². The Morgan fingerprint density at radius 2 is 2.00 bits per heavy atom. The first-order chi connectivity index (χ1) is 6.38. The average Bonchev–Trinajstić information content (AvgIpc) is 2.20. The lowest BCUT2D eigenvalue weighted by Gasteiger charge is -2.20. The van der Waals surface area contributed by atoms with Crippen LogP contribution in [0.25, 0.3) is 0 Å². The number of hydrogen-bond acceptors (Lipinski definition) is 1. The van der Waals surface area contributed by atoms with E-state index >= 15 is 0 Å². The SMILES string of the molecule is NC1=CCCC=C1C1C=CC=CC1. The Labute approximate surface area is 79.3 Å². The summed E-state index contributed by atoms with van der Waals surface area (Å²) in [6, 6.07) is 0. The van der Waals surface area contributed by atoms with Crippen LogP contribution in [0, 0.1) is 5.92 Å². The van der Waals surface area contributed by atoms with Crippen LogP contribution in [-0.2, 0) is 0 Å². The topological polar surface area (TPSA) is 26.0 Å². The third kappa shape index (κ3) is 1.74. The Kier molecular flexibility index (Phi) is 2.35. The van der Waals surface area contributed by atoms with Gasteiger partial charge in [0, 0.05) is 11.6 Å². The standard InChI is InChI=1S/C12H15N/c13-12-9-5-4-8-11(12)10-6-2-1-3-7-10/h1-3,6,8-10H,4-5,7,13H2. The van der Waals surface area contributed by atoms with Gasteiger partial charge in [-0.3, -0.25) is 0 Å². The molecule has 1 nitrogen and oxygen atoms in total. The van der Waals surface area contributed by atoms with Gasteiger partial charge >= 0.3 is 0 Å². The zero-order chi connectivity index (χ0) is 9.10. The van der Waals surface area contributed by atoms with Gasteiger partial charge in [-0.05, 0) is 24.8 Å². The second-order valence-electron chi connectivity index (χ2n) is 3.55. The van der Waals surface area contributed by atoms with Crippen LogP contribution in [0.15, 0.2) is 47.7 Å². The van der Waals surface area contributed by atoms with Gasteiger partial charge in [0.25, 0.3) is 0 Å². The van der Waals surface area contributed by atoms with E-state index in [1.165, 1.54) is 5.57 Å². The molecule has 1 heteroatoms. The molecule has 0 saturated heterocycles. The van der Waals surface area contributed by atoms with Gasteiger partial charge in [-0.1, -0.05) is 36.5 Å². The van der Waals surface area contributed by atoms with E-state index in [1.54, 1.807) is 0 Å². The van der Waals surface area contributed by atoms with Crippen LogP contribution >= 0.6 is 0 Å². The molecule has 68 valence electrons. The van der Waals surface area contributed by atoms with Crippen molar-refractivity contribution in [2.45, 2.75) is 19.3 Å². The molecule has 2 rings (SSSR count). The molecule has 0 bridgehead atoms. The Hall–Kier alpha value is -1.24. The Morgan fingerprint density at radius 1 is 1.15 bits per heavy atom. The maximum absolute atomic E-state index is 5.94. The van der Waals surface area contributed by atoms with Crippen molar-refractivity contribution < 1.29 is 0 Å². The molecule has 0 heterocycles. The van der Waals surface area contributed by atoms with E-state index in [9.17, 15) is 0 Å². The van der Waals surface area contributed by atoms with E-state index in [0.29, 0.717) is 5.92 Å². The van der Waals surface area contributed by atoms with Gasteiger partial charge in [-0.2, -0.15) is 0 Å². The molecule has 2 aliphatic carbocycles. The van der Waals surface area contributed by atoms with E-state index in [-0.39, 0.29) is 0 Å². The third-order valence-corrected chi connectivity index (χ3v) is 2.61. The van der Waals surface area contributed by atoms with Crippen molar-refractivity contribution in [3.05, 3.63) is 47.7 Å². The van der Waals surface area contributed by atoms with Gasteiger partial charge in [-0.25, -0.2) is 0 Å². The van der Waals surface area contributed by atoms with Crippen molar-refractivity contribution in [2.75, 3.05) is 0 Å². The summed E-state index contributed by atoms with van der Waals surface area (Å²) in [6.45, 7) is 0. The predicted molar refractivity (Wildman–Crippen MR) is 56.0 cm³/mol. The zero-order valence-electron chi connectivity index (χ0n) is 7.74. The molecular formula is C12H15N. The molecule has 2 aliphatic rings. The lowest BCUT2D eigenvalue weighted by atomic mass is 9.87. The summed E-state index contributed by atoms with van der Waals surface area (Å²) in [4.78, 5) is 0. The van der Waals surface area contributed by atoms with Crippen molar-refractivity contribution in [1.82, 2.24) is 0 Å². The highest BCUT2D eigenvalue weighted by atomic mass is 14.6. The average molecular weight is 173 g/mol. The van der Waals surface area contributed by atoms with Crippen LogP contribution in [-0.4, -0.2) is 0 Å². The lowest BCUT2D eigenvalue weighted by Crippen LogP contribution is -2.12. The second-order valence-corrected chi connectivity index (χ2v) is 3.55. The van der Waals surface area contributed by atoms with Crippen molar-refractivity contribution in [2.24, 2.45) is 11.7 Å². The molecule has 1 atom stereocenters. The van der Waals surface area contributed by atoms with E-state index in [0.717, 1.165) is 25.0 Å². The maximum Gasteiger partial charge on any atom is 0.0309 e. The molecule has 2 N–H and O–H groups in total. The molecule has 0 aliphatic heterocycles. The summed E-state index contributed by atoms with van der Waals surface area (Å²) in [5, 5.41) is 0. The molecule has 0 amide bonds. The fourth-order valence-corrected chi connectivity index (χ4v) is 1.89. The van der Waals surface area contributed by atoms with Gasteiger partial charge in [0.05, 0.1) is 0 Å². The van der Waals surface area contributed by atoms with E-state index in [4.69, 9.17) is 5.73 Å². The fourth-order valence-electron chi connectivity index (χ4n) is 1.89. The predicted octanol–water partition coefficient (Wildman–Crippen LogP) is 2.68. The number of nitrogens with two attached hydrogens (primary N) is 1. The summed E-state index contributed by atoms with van der Waals surface area (Å²) in [5.41, 5.74) is 8.25. The second kappa shape index (κ2) is 3.65. The first-order valence-electron chi connectivity index (χ1n) is 4.87. The van der Waals surface area contributed by atoms with Crippen molar-refractivity contribution in [3.63, 3.8) is 0 Å². The Balaban J connectivity index is 2.16. The highest BCUT2D eigenvalue weighted by molar-refractivity contribution is 5.37. The first kappa shape index (κ1) is 8.36. The van der Waals surface area contributed by atoms with Crippen LogP contribution in [0.1, 0.15) is 19.3 Å². The summed E-state index contributed by atoms with van der Waals surface area (Å²) in [7, 11) is 0. The Bertz CT molecular complexity index is 305. The normalized spacial score (nSPS) is 26.9. The van der Waals surface area contributed by atoms with E-state index in [2.05, 4.69) is 36.5 Å². The smallest absolute Gasteiger partial charge is 0.0309 e. The molecule has 0 saturated carbocycles. The fraction of sp³-hybridized carbons (Fsp3) is 0.333. The van der Waals surface area contributed by atoms with Crippen LogP contribution in [0.5, 0.6) is 0 Å². The highest BCUT2D eigenvalue weighted by Gasteiger charge is 2.14.